The number of non-ortho nitro benzene ring substituents is 1. The first kappa shape index (κ1) is 19.6. The summed E-state index contributed by atoms with van der Waals surface area (Å²) in [6.45, 7) is 4.00. The molecule has 1 aliphatic rings. The van der Waals surface area contributed by atoms with Gasteiger partial charge in [0.2, 0.25) is 0 Å². The van der Waals surface area contributed by atoms with Crippen LogP contribution in [0.5, 0.6) is 0 Å². The fourth-order valence-electron chi connectivity index (χ4n) is 3.09. The normalized spacial score (nSPS) is 22.8. The first-order valence-electron chi connectivity index (χ1n) is 8.75. The zero-order valence-electron chi connectivity index (χ0n) is 15.0. The quantitative estimate of drug-likeness (QED) is 0.364. The van der Waals surface area contributed by atoms with Crippen molar-refractivity contribution in [3.8, 4) is 0 Å². The van der Waals surface area contributed by atoms with Crippen molar-refractivity contribution in [2.45, 2.75) is 39.2 Å². The maximum Gasteiger partial charge on any atom is 0.331 e. The second-order valence-corrected chi connectivity index (χ2v) is 6.73. The van der Waals surface area contributed by atoms with Crippen LogP contribution in [0.2, 0.25) is 0 Å². The van der Waals surface area contributed by atoms with Crippen LogP contribution >= 0.6 is 0 Å². The maximum absolute atomic E-state index is 12.0. The van der Waals surface area contributed by atoms with Gasteiger partial charge in [0.1, 0.15) is 0 Å². The Morgan fingerprint density at radius 2 is 1.96 bits per heavy atom. The number of ether oxygens (including phenoxy) is 1. The molecule has 0 heterocycles. The molecule has 1 saturated carbocycles. The number of nitro groups is 1. The molecule has 1 amide bonds. The number of nitrogens with one attached hydrogen (secondary N) is 1. The minimum absolute atomic E-state index is 0.0207. The highest BCUT2D eigenvalue weighted by Gasteiger charge is 2.28. The van der Waals surface area contributed by atoms with Gasteiger partial charge in [-0.2, -0.15) is 0 Å². The van der Waals surface area contributed by atoms with Crippen LogP contribution in [0.3, 0.4) is 0 Å². The van der Waals surface area contributed by atoms with E-state index in [4.69, 9.17) is 4.74 Å². The van der Waals surface area contributed by atoms with Crippen molar-refractivity contribution in [1.82, 2.24) is 5.32 Å². The third-order valence-electron chi connectivity index (χ3n) is 4.91. The lowest BCUT2D eigenvalue weighted by molar-refractivity contribution is -0.384. The van der Waals surface area contributed by atoms with E-state index in [-0.39, 0.29) is 24.2 Å². The molecule has 3 atom stereocenters. The Kier molecular flexibility index (Phi) is 6.89. The van der Waals surface area contributed by atoms with E-state index in [9.17, 15) is 19.7 Å². The van der Waals surface area contributed by atoms with Crippen LogP contribution in [0, 0.1) is 22.0 Å². The van der Waals surface area contributed by atoms with Gasteiger partial charge in [0.25, 0.3) is 11.6 Å². The van der Waals surface area contributed by atoms with Crippen molar-refractivity contribution in [3.05, 3.63) is 46.0 Å². The summed E-state index contributed by atoms with van der Waals surface area (Å²) in [6.07, 6.45) is 5.89. The van der Waals surface area contributed by atoms with Crippen LogP contribution in [0.1, 0.15) is 38.7 Å². The Bertz CT molecular complexity index is 684. The first-order chi connectivity index (χ1) is 12.4. The van der Waals surface area contributed by atoms with Gasteiger partial charge in [-0.3, -0.25) is 14.9 Å². The summed E-state index contributed by atoms with van der Waals surface area (Å²) in [4.78, 5) is 33.8. The van der Waals surface area contributed by atoms with Gasteiger partial charge in [-0.05, 0) is 42.0 Å². The molecule has 1 fully saturated rings. The van der Waals surface area contributed by atoms with E-state index >= 15 is 0 Å². The molecular formula is C19H24N2O5. The van der Waals surface area contributed by atoms with Gasteiger partial charge in [-0.1, -0.05) is 26.7 Å². The Morgan fingerprint density at radius 3 is 2.62 bits per heavy atom. The average molecular weight is 360 g/mol. The molecule has 0 bridgehead atoms. The van der Waals surface area contributed by atoms with Gasteiger partial charge in [-0.25, -0.2) is 4.79 Å². The van der Waals surface area contributed by atoms with Gasteiger partial charge >= 0.3 is 5.97 Å². The molecule has 26 heavy (non-hydrogen) atoms. The zero-order chi connectivity index (χ0) is 19.1. The standard InChI is InChI=1S/C19H24N2O5/c1-13-4-3-5-17(14(13)2)20-18(22)12-26-19(23)11-8-15-6-9-16(10-7-15)21(24)25/h6-11,13-14,17H,3-5,12H2,1-2H3,(H,20,22)/b11-8+/t13-,14-,17+/m1/s1. The van der Waals surface area contributed by atoms with Crippen molar-refractivity contribution in [3.63, 3.8) is 0 Å². The largest absolute Gasteiger partial charge is 0.452 e. The van der Waals surface area contributed by atoms with Crippen LogP contribution in [-0.4, -0.2) is 29.4 Å². The van der Waals surface area contributed by atoms with Gasteiger partial charge < -0.3 is 10.1 Å². The van der Waals surface area contributed by atoms with Crippen LogP contribution < -0.4 is 5.32 Å². The molecule has 1 N–H and O–H groups in total. The SMILES string of the molecule is C[C@@H]1[C@H](C)CCC[C@@H]1NC(=O)COC(=O)/C=C/c1ccc([N+](=O)[O-])cc1. The van der Waals surface area contributed by atoms with E-state index in [1.54, 1.807) is 0 Å². The lowest BCUT2D eigenvalue weighted by Gasteiger charge is -2.34. The van der Waals surface area contributed by atoms with Crippen molar-refractivity contribution in [1.29, 1.82) is 0 Å². The molecule has 1 aromatic rings. The van der Waals surface area contributed by atoms with E-state index in [1.165, 1.54) is 42.8 Å². The van der Waals surface area contributed by atoms with Gasteiger partial charge in [0, 0.05) is 24.3 Å². The molecular weight excluding hydrogens is 336 g/mol. The number of carbonyl (C=O) groups excluding carboxylic acids is 2. The zero-order valence-corrected chi connectivity index (χ0v) is 15.0. The van der Waals surface area contributed by atoms with Gasteiger partial charge in [0.15, 0.2) is 6.61 Å². The van der Waals surface area contributed by atoms with E-state index in [0.29, 0.717) is 17.4 Å². The number of esters is 1. The van der Waals surface area contributed by atoms with E-state index < -0.39 is 10.9 Å². The monoisotopic (exact) mass is 360 g/mol. The minimum atomic E-state index is -0.636. The van der Waals surface area contributed by atoms with Crippen LogP contribution in [0.4, 0.5) is 5.69 Å². The van der Waals surface area contributed by atoms with E-state index in [1.807, 2.05) is 0 Å². The van der Waals surface area contributed by atoms with Crippen LogP contribution in [0.25, 0.3) is 6.08 Å². The number of nitrogens with zero attached hydrogens (tertiary/aromatic N) is 1. The number of hydrogen-bond acceptors (Lipinski definition) is 5. The topological polar surface area (TPSA) is 98.5 Å². The molecule has 2 rings (SSSR count). The predicted octanol–water partition coefficient (Wildman–Crippen LogP) is 3.09. The van der Waals surface area contributed by atoms with Crippen molar-refractivity contribution < 1.29 is 19.2 Å². The van der Waals surface area contributed by atoms with Crippen molar-refractivity contribution in [2.75, 3.05) is 6.61 Å². The first-order valence-corrected chi connectivity index (χ1v) is 8.75. The fourth-order valence-corrected chi connectivity index (χ4v) is 3.09. The van der Waals surface area contributed by atoms with Gasteiger partial charge in [-0.15, -0.1) is 0 Å². The Labute approximate surface area is 152 Å². The van der Waals surface area contributed by atoms with Crippen molar-refractivity contribution in [2.24, 2.45) is 11.8 Å². The number of benzene rings is 1. The molecule has 0 aliphatic heterocycles. The van der Waals surface area contributed by atoms with Crippen molar-refractivity contribution >= 4 is 23.6 Å². The second kappa shape index (κ2) is 9.12. The number of carbonyl (C=O) groups is 2. The molecule has 140 valence electrons. The summed E-state index contributed by atoms with van der Waals surface area (Å²) >= 11 is 0. The number of rotatable bonds is 6. The lowest BCUT2D eigenvalue weighted by atomic mass is 9.78. The summed E-state index contributed by atoms with van der Waals surface area (Å²) in [5.74, 6) is 0.0447. The maximum atomic E-state index is 12.0. The highest BCUT2D eigenvalue weighted by atomic mass is 16.6. The third kappa shape index (κ3) is 5.68. The summed E-state index contributed by atoms with van der Waals surface area (Å²) in [6, 6.07) is 5.89. The molecule has 0 unspecified atom stereocenters. The molecule has 0 aromatic heterocycles. The highest BCUT2D eigenvalue weighted by molar-refractivity contribution is 5.89. The van der Waals surface area contributed by atoms with Crippen LogP contribution in [0.15, 0.2) is 30.3 Å². The van der Waals surface area contributed by atoms with E-state index in [0.717, 1.165) is 12.8 Å². The highest BCUT2D eigenvalue weighted by Crippen LogP contribution is 2.29. The molecule has 0 saturated heterocycles. The molecule has 0 radical (unpaired) electrons. The van der Waals surface area contributed by atoms with E-state index in [2.05, 4.69) is 19.2 Å². The molecule has 1 aromatic carbocycles. The number of nitro benzene ring substituents is 1. The predicted molar refractivity (Wildman–Crippen MR) is 97.2 cm³/mol. The molecule has 0 spiro atoms. The minimum Gasteiger partial charge on any atom is -0.452 e. The Balaban J connectivity index is 1.77. The smallest absolute Gasteiger partial charge is 0.331 e. The molecule has 7 nitrogen and oxygen atoms in total. The van der Waals surface area contributed by atoms with Gasteiger partial charge in [0.05, 0.1) is 4.92 Å². The molecule has 7 heteroatoms. The second-order valence-electron chi connectivity index (χ2n) is 6.73. The Morgan fingerprint density at radius 1 is 1.27 bits per heavy atom. The number of hydrogen-bond donors (Lipinski definition) is 1. The number of amides is 1. The molecule has 1 aliphatic carbocycles. The summed E-state index contributed by atoms with van der Waals surface area (Å²) in [5, 5.41) is 13.5. The fraction of sp³-hybridized carbons (Fsp3) is 0.474. The van der Waals surface area contributed by atoms with Crippen LogP contribution in [-0.2, 0) is 14.3 Å². The summed E-state index contributed by atoms with van der Waals surface area (Å²) in [5.41, 5.74) is 0.606. The Hall–Kier alpha value is -2.70. The average Bonchev–Trinajstić information content (AvgIpc) is 2.62. The lowest BCUT2D eigenvalue weighted by Crippen LogP contribution is -2.45. The summed E-state index contributed by atoms with van der Waals surface area (Å²) in [7, 11) is 0. The third-order valence-corrected chi connectivity index (χ3v) is 4.91. The summed E-state index contributed by atoms with van der Waals surface area (Å²) < 4.78 is 4.95.